The number of hydrogen-bond donors (Lipinski definition) is 2. The summed E-state index contributed by atoms with van der Waals surface area (Å²) in [7, 11) is -3.05. The first-order valence-corrected chi connectivity index (χ1v) is 7.61. The molecule has 0 aliphatic heterocycles. The molecule has 0 fully saturated rings. The van der Waals surface area contributed by atoms with Crippen molar-refractivity contribution in [2.24, 2.45) is 0 Å². The predicted molar refractivity (Wildman–Crippen MR) is 70.4 cm³/mol. The monoisotopic (exact) mass is 357 g/mol. The predicted octanol–water partition coefficient (Wildman–Crippen LogP) is 0.219. The van der Waals surface area contributed by atoms with Crippen molar-refractivity contribution in [3.05, 3.63) is 20.3 Å². The number of rotatable bonds is 4. The van der Waals surface area contributed by atoms with Crippen molar-refractivity contribution in [1.82, 2.24) is 9.97 Å². The second-order valence-corrected chi connectivity index (χ2v) is 6.80. The van der Waals surface area contributed by atoms with Crippen molar-refractivity contribution < 1.29 is 8.42 Å². The van der Waals surface area contributed by atoms with Crippen LogP contribution in [0.2, 0.25) is 0 Å². The number of aromatic nitrogens is 2. The molecule has 0 saturated carbocycles. The molecule has 1 heterocycles. The molecule has 0 bridgehead atoms. The molecular weight excluding hydrogens is 345 g/mol. The Morgan fingerprint density at radius 2 is 2.25 bits per heavy atom. The van der Waals surface area contributed by atoms with E-state index in [0.29, 0.717) is 9.39 Å². The molecule has 16 heavy (non-hydrogen) atoms. The highest BCUT2D eigenvalue weighted by Gasteiger charge is 2.13. The average molecular weight is 357 g/mol. The van der Waals surface area contributed by atoms with Crippen LogP contribution in [0.25, 0.3) is 0 Å². The minimum atomic E-state index is -3.05. The Bertz CT molecular complexity index is 526. The van der Waals surface area contributed by atoms with Crippen LogP contribution < -0.4 is 10.9 Å². The summed E-state index contributed by atoms with van der Waals surface area (Å²) in [5, 5.41) is 2.89. The largest absolute Gasteiger partial charge is 0.365 e. The summed E-state index contributed by atoms with van der Waals surface area (Å²) in [6.45, 7) is 1.72. The molecule has 2 N–H and O–H groups in total. The Morgan fingerprint density at radius 3 is 2.81 bits per heavy atom. The van der Waals surface area contributed by atoms with Crippen LogP contribution in [0, 0.1) is 3.57 Å². The zero-order chi connectivity index (χ0) is 12.3. The number of aromatic amines is 1. The van der Waals surface area contributed by atoms with Crippen LogP contribution in [0.15, 0.2) is 11.1 Å². The van der Waals surface area contributed by atoms with Crippen LogP contribution in [-0.4, -0.2) is 36.4 Å². The Morgan fingerprint density at radius 1 is 1.62 bits per heavy atom. The smallest absolute Gasteiger partial charge is 0.266 e. The van der Waals surface area contributed by atoms with Gasteiger partial charge in [-0.1, -0.05) is 0 Å². The molecule has 0 amide bonds. The Balaban J connectivity index is 2.82. The molecule has 1 atom stereocenters. The van der Waals surface area contributed by atoms with Gasteiger partial charge < -0.3 is 10.3 Å². The number of sulfone groups is 1. The summed E-state index contributed by atoms with van der Waals surface area (Å²) < 4.78 is 22.5. The Kier molecular flexibility index (Phi) is 4.30. The van der Waals surface area contributed by atoms with Gasteiger partial charge in [0.15, 0.2) is 0 Å². The number of anilines is 1. The maximum atomic E-state index is 11.2. The molecule has 1 unspecified atom stereocenters. The lowest BCUT2D eigenvalue weighted by Crippen LogP contribution is -2.27. The van der Waals surface area contributed by atoms with E-state index in [1.165, 1.54) is 12.6 Å². The lowest BCUT2D eigenvalue weighted by atomic mass is 10.4. The fourth-order valence-electron chi connectivity index (χ4n) is 1.21. The number of nitrogens with zero attached hydrogens (tertiary/aromatic N) is 1. The topological polar surface area (TPSA) is 91.9 Å². The molecule has 0 aliphatic carbocycles. The highest BCUT2D eigenvalue weighted by molar-refractivity contribution is 14.1. The summed E-state index contributed by atoms with van der Waals surface area (Å²) in [5.74, 6) is 0.401. The average Bonchev–Trinajstić information content (AvgIpc) is 2.09. The fraction of sp³-hybridized carbons (Fsp3) is 0.500. The number of halogens is 1. The zero-order valence-electron chi connectivity index (χ0n) is 8.82. The third kappa shape index (κ3) is 4.08. The van der Waals surface area contributed by atoms with E-state index in [-0.39, 0.29) is 17.4 Å². The van der Waals surface area contributed by atoms with E-state index in [2.05, 4.69) is 15.3 Å². The molecule has 1 rings (SSSR count). The highest BCUT2D eigenvalue weighted by atomic mass is 127. The van der Waals surface area contributed by atoms with Crippen molar-refractivity contribution in [2.75, 3.05) is 17.3 Å². The van der Waals surface area contributed by atoms with Gasteiger partial charge in [0, 0.05) is 12.3 Å². The van der Waals surface area contributed by atoms with E-state index in [1.54, 1.807) is 6.92 Å². The number of hydrogen-bond acceptors (Lipinski definition) is 5. The van der Waals surface area contributed by atoms with E-state index in [1.807, 2.05) is 22.6 Å². The lowest BCUT2D eigenvalue weighted by Gasteiger charge is -2.13. The molecule has 90 valence electrons. The SMILES string of the molecule is CC(CS(C)(=O)=O)Nc1nc[nH]c(=O)c1I. The molecule has 0 saturated heterocycles. The first-order valence-electron chi connectivity index (χ1n) is 4.47. The second-order valence-electron chi connectivity index (χ2n) is 3.53. The van der Waals surface area contributed by atoms with Gasteiger partial charge in [0.25, 0.3) is 5.56 Å². The maximum Gasteiger partial charge on any atom is 0.266 e. The summed E-state index contributed by atoms with van der Waals surface area (Å²) in [6, 6.07) is -0.294. The van der Waals surface area contributed by atoms with Crippen LogP contribution in [-0.2, 0) is 9.84 Å². The van der Waals surface area contributed by atoms with E-state index < -0.39 is 9.84 Å². The van der Waals surface area contributed by atoms with Gasteiger partial charge >= 0.3 is 0 Å². The van der Waals surface area contributed by atoms with Gasteiger partial charge in [0.05, 0.1) is 12.1 Å². The zero-order valence-corrected chi connectivity index (χ0v) is 11.8. The molecule has 6 nitrogen and oxygen atoms in total. The fourth-order valence-corrected chi connectivity index (χ4v) is 2.66. The van der Waals surface area contributed by atoms with Crippen LogP contribution in [0.1, 0.15) is 6.92 Å². The quantitative estimate of drug-likeness (QED) is 0.753. The van der Waals surface area contributed by atoms with Crippen molar-refractivity contribution in [1.29, 1.82) is 0 Å². The van der Waals surface area contributed by atoms with Gasteiger partial charge in [-0.3, -0.25) is 4.79 Å². The third-order valence-electron chi connectivity index (χ3n) is 1.73. The molecule has 1 aromatic rings. The second kappa shape index (κ2) is 5.13. The first-order chi connectivity index (χ1) is 7.29. The van der Waals surface area contributed by atoms with Crippen molar-refractivity contribution in [3.8, 4) is 0 Å². The molecule has 1 aromatic heterocycles. The van der Waals surface area contributed by atoms with Crippen molar-refractivity contribution in [3.63, 3.8) is 0 Å². The van der Waals surface area contributed by atoms with E-state index in [9.17, 15) is 13.2 Å². The molecular formula is C8H12IN3O3S. The third-order valence-corrected chi connectivity index (χ3v) is 3.84. The van der Waals surface area contributed by atoms with E-state index in [0.717, 1.165) is 0 Å². The van der Waals surface area contributed by atoms with Gasteiger partial charge in [-0.25, -0.2) is 13.4 Å². The molecule has 0 aromatic carbocycles. The van der Waals surface area contributed by atoms with Crippen LogP contribution in [0.5, 0.6) is 0 Å². The summed E-state index contributed by atoms with van der Waals surface area (Å²) in [4.78, 5) is 17.6. The van der Waals surface area contributed by atoms with Crippen LogP contribution >= 0.6 is 22.6 Å². The van der Waals surface area contributed by atoms with Gasteiger partial charge in [-0.15, -0.1) is 0 Å². The van der Waals surface area contributed by atoms with E-state index >= 15 is 0 Å². The summed E-state index contributed by atoms with van der Waals surface area (Å²) >= 11 is 1.86. The standard InChI is InChI=1S/C8H12IN3O3S/c1-5(3-16(2,14)15)12-7-6(9)8(13)11-4-10-7/h4-5H,3H2,1-2H3,(H2,10,11,12,13). The lowest BCUT2D eigenvalue weighted by molar-refractivity contribution is 0.598. The van der Waals surface area contributed by atoms with Crippen molar-refractivity contribution >= 4 is 38.2 Å². The molecule has 0 aliphatic rings. The minimum Gasteiger partial charge on any atom is -0.365 e. The first kappa shape index (κ1) is 13.4. The van der Waals surface area contributed by atoms with Gasteiger partial charge in [0.1, 0.15) is 19.2 Å². The molecule has 0 radical (unpaired) electrons. The van der Waals surface area contributed by atoms with Gasteiger partial charge in [0.2, 0.25) is 0 Å². The van der Waals surface area contributed by atoms with Crippen molar-refractivity contribution in [2.45, 2.75) is 13.0 Å². The summed E-state index contributed by atoms with van der Waals surface area (Å²) in [6.07, 6.45) is 2.45. The highest BCUT2D eigenvalue weighted by Crippen LogP contribution is 2.10. The summed E-state index contributed by atoms with van der Waals surface area (Å²) in [5.41, 5.74) is -0.246. The van der Waals surface area contributed by atoms with E-state index in [4.69, 9.17) is 0 Å². The Labute approximate surface area is 107 Å². The van der Waals surface area contributed by atoms with Gasteiger partial charge in [-0.2, -0.15) is 0 Å². The maximum absolute atomic E-state index is 11.2. The molecule has 8 heteroatoms. The van der Waals surface area contributed by atoms with Crippen LogP contribution in [0.4, 0.5) is 5.82 Å². The number of H-pyrrole nitrogens is 1. The Hall–Kier alpha value is -0.640. The van der Waals surface area contributed by atoms with Crippen LogP contribution in [0.3, 0.4) is 0 Å². The molecule has 0 spiro atoms. The number of nitrogens with one attached hydrogen (secondary N) is 2. The van der Waals surface area contributed by atoms with Gasteiger partial charge in [-0.05, 0) is 29.5 Å². The normalized spacial score (nSPS) is 13.4. The minimum absolute atomic E-state index is 0.00242.